The number of benzene rings is 1. The molecule has 1 N–H and O–H groups in total. The molecular formula is C21H31N3O2. The highest BCUT2D eigenvalue weighted by atomic mass is 16.2. The van der Waals surface area contributed by atoms with Gasteiger partial charge in [-0.25, -0.2) is 0 Å². The van der Waals surface area contributed by atoms with Gasteiger partial charge in [0.2, 0.25) is 5.91 Å². The van der Waals surface area contributed by atoms with Crippen LogP contribution < -0.4 is 5.32 Å². The molecule has 3 rings (SSSR count). The Kier molecular flexibility index (Phi) is 6.67. The van der Waals surface area contributed by atoms with Crippen molar-refractivity contribution in [2.45, 2.75) is 45.6 Å². The zero-order valence-electron chi connectivity index (χ0n) is 15.9. The summed E-state index contributed by atoms with van der Waals surface area (Å²) >= 11 is 0. The maximum Gasteiger partial charge on any atom is 0.251 e. The SMILES string of the molecule is CC1CCN(CCCNC(=O)c2ccc(CN3CCCC3=O)cc2)CC1. The van der Waals surface area contributed by atoms with Gasteiger partial charge in [0.1, 0.15) is 0 Å². The highest BCUT2D eigenvalue weighted by Crippen LogP contribution is 2.16. The molecule has 0 saturated carbocycles. The summed E-state index contributed by atoms with van der Waals surface area (Å²) < 4.78 is 0. The molecule has 2 fully saturated rings. The normalized spacial score (nSPS) is 19.1. The molecule has 0 aromatic heterocycles. The predicted molar refractivity (Wildman–Crippen MR) is 103 cm³/mol. The van der Waals surface area contributed by atoms with E-state index in [1.165, 1.54) is 25.9 Å². The van der Waals surface area contributed by atoms with Gasteiger partial charge in [-0.1, -0.05) is 19.1 Å². The van der Waals surface area contributed by atoms with E-state index in [9.17, 15) is 9.59 Å². The average Bonchev–Trinajstić information content (AvgIpc) is 3.05. The number of carbonyl (C=O) groups is 2. The lowest BCUT2D eigenvalue weighted by Gasteiger charge is -2.30. The first kappa shape index (κ1) is 18.9. The first-order valence-corrected chi connectivity index (χ1v) is 9.99. The van der Waals surface area contributed by atoms with Crippen LogP contribution in [0.4, 0.5) is 0 Å². The summed E-state index contributed by atoms with van der Waals surface area (Å²) in [5, 5.41) is 3.02. The number of hydrogen-bond donors (Lipinski definition) is 1. The molecule has 0 atom stereocenters. The van der Waals surface area contributed by atoms with E-state index in [-0.39, 0.29) is 11.8 Å². The molecule has 142 valence electrons. The zero-order valence-corrected chi connectivity index (χ0v) is 15.9. The van der Waals surface area contributed by atoms with Gasteiger partial charge in [0.25, 0.3) is 5.91 Å². The van der Waals surface area contributed by atoms with Crippen LogP contribution in [0.3, 0.4) is 0 Å². The second-order valence-electron chi connectivity index (χ2n) is 7.75. The minimum Gasteiger partial charge on any atom is -0.352 e. The maximum absolute atomic E-state index is 12.3. The fourth-order valence-corrected chi connectivity index (χ4v) is 3.75. The van der Waals surface area contributed by atoms with Crippen molar-refractivity contribution in [2.75, 3.05) is 32.7 Å². The first-order chi connectivity index (χ1) is 12.6. The van der Waals surface area contributed by atoms with E-state index >= 15 is 0 Å². The Bertz CT molecular complexity index is 606. The van der Waals surface area contributed by atoms with Gasteiger partial charge in [-0.3, -0.25) is 9.59 Å². The lowest BCUT2D eigenvalue weighted by molar-refractivity contribution is -0.128. The molecule has 0 unspecified atom stereocenters. The molecule has 2 heterocycles. The van der Waals surface area contributed by atoms with Crippen molar-refractivity contribution in [3.8, 4) is 0 Å². The van der Waals surface area contributed by atoms with Gasteiger partial charge in [0, 0.05) is 31.6 Å². The second-order valence-corrected chi connectivity index (χ2v) is 7.75. The van der Waals surface area contributed by atoms with Gasteiger partial charge in [-0.15, -0.1) is 0 Å². The Morgan fingerprint density at radius 2 is 1.88 bits per heavy atom. The van der Waals surface area contributed by atoms with Crippen LogP contribution in [-0.2, 0) is 11.3 Å². The van der Waals surface area contributed by atoms with Crippen molar-refractivity contribution in [3.05, 3.63) is 35.4 Å². The molecule has 26 heavy (non-hydrogen) atoms. The van der Waals surface area contributed by atoms with E-state index in [1.54, 1.807) is 0 Å². The lowest BCUT2D eigenvalue weighted by Crippen LogP contribution is -2.35. The fraction of sp³-hybridized carbons (Fsp3) is 0.619. The standard InChI is InChI=1S/C21H31N3O2/c1-17-9-14-23(15-10-17)12-3-11-22-21(26)19-7-5-18(6-8-19)16-24-13-2-4-20(24)25/h5-8,17H,2-4,9-16H2,1H3,(H,22,26). The number of amides is 2. The quantitative estimate of drug-likeness (QED) is 0.764. The first-order valence-electron chi connectivity index (χ1n) is 9.99. The number of nitrogens with one attached hydrogen (secondary N) is 1. The zero-order chi connectivity index (χ0) is 18.4. The molecule has 0 aliphatic carbocycles. The van der Waals surface area contributed by atoms with Crippen LogP contribution >= 0.6 is 0 Å². The monoisotopic (exact) mass is 357 g/mol. The minimum atomic E-state index is -0.0129. The lowest BCUT2D eigenvalue weighted by atomic mass is 9.99. The van der Waals surface area contributed by atoms with Gasteiger partial charge < -0.3 is 15.1 Å². The summed E-state index contributed by atoms with van der Waals surface area (Å²) in [5.41, 5.74) is 1.77. The number of rotatable bonds is 7. The van der Waals surface area contributed by atoms with Crippen LogP contribution in [0.25, 0.3) is 0 Å². The predicted octanol–water partition coefficient (Wildman–Crippen LogP) is 2.66. The number of nitrogens with zero attached hydrogens (tertiary/aromatic N) is 2. The Morgan fingerprint density at radius 3 is 2.54 bits per heavy atom. The fourth-order valence-electron chi connectivity index (χ4n) is 3.75. The smallest absolute Gasteiger partial charge is 0.251 e. The molecule has 0 bridgehead atoms. The molecule has 1 aromatic carbocycles. The van der Waals surface area contributed by atoms with Crippen molar-refractivity contribution < 1.29 is 9.59 Å². The molecule has 0 spiro atoms. The van der Waals surface area contributed by atoms with E-state index in [1.807, 2.05) is 29.2 Å². The summed E-state index contributed by atoms with van der Waals surface area (Å²) in [7, 11) is 0. The molecule has 2 aliphatic rings. The van der Waals surface area contributed by atoms with Crippen LogP contribution in [0.1, 0.15) is 54.9 Å². The molecule has 1 aromatic rings. The van der Waals surface area contributed by atoms with Crippen LogP contribution in [0, 0.1) is 5.92 Å². The van der Waals surface area contributed by atoms with Gasteiger partial charge in [0.05, 0.1) is 0 Å². The molecule has 0 radical (unpaired) electrons. The number of hydrogen-bond acceptors (Lipinski definition) is 3. The number of likely N-dealkylation sites (tertiary alicyclic amines) is 2. The molecule has 5 nitrogen and oxygen atoms in total. The van der Waals surface area contributed by atoms with Gasteiger partial charge in [-0.2, -0.15) is 0 Å². The number of piperidine rings is 1. The molecule has 2 saturated heterocycles. The van der Waals surface area contributed by atoms with Crippen molar-refractivity contribution in [1.82, 2.24) is 15.1 Å². The van der Waals surface area contributed by atoms with Crippen molar-refractivity contribution >= 4 is 11.8 Å². The Balaban J connectivity index is 1.37. The van der Waals surface area contributed by atoms with Crippen LogP contribution in [0.2, 0.25) is 0 Å². The minimum absolute atomic E-state index is 0.0129. The van der Waals surface area contributed by atoms with Gasteiger partial charge in [-0.05, 0) is 68.9 Å². The third kappa shape index (κ3) is 5.31. The summed E-state index contributed by atoms with van der Waals surface area (Å²) in [5.74, 6) is 1.08. The maximum atomic E-state index is 12.3. The highest BCUT2D eigenvalue weighted by molar-refractivity contribution is 5.94. The van der Waals surface area contributed by atoms with E-state index in [0.717, 1.165) is 44.0 Å². The topological polar surface area (TPSA) is 52.7 Å². The Morgan fingerprint density at radius 1 is 1.15 bits per heavy atom. The summed E-state index contributed by atoms with van der Waals surface area (Å²) in [6, 6.07) is 7.62. The highest BCUT2D eigenvalue weighted by Gasteiger charge is 2.20. The van der Waals surface area contributed by atoms with Crippen molar-refractivity contribution in [1.29, 1.82) is 0 Å². The molecular weight excluding hydrogens is 326 g/mol. The largest absolute Gasteiger partial charge is 0.352 e. The van der Waals surface area contributed by atoms with Crippen LogP contribution in [-0.4, -0.2) is 54.3 Å². The molecule has 2 amide bonds. The third-order valence-electron chi connectivity index (χ3n) is 5.57. The van der Waals surface area contributed by atoms with Gasteiger partial charge >= 0.3 is 0 Å². The second kappa shape index (κ2) is 9.17. The molecule has 5 heteroatoms. The third-order valence-corrected chi connectivity index (χ3v) is 5.57. The Labute approximate surface area is 156 Å². The van der Waals surface area contributed by atoms with E-state index in [4.69, 9.17) is 0 Å². The van der Waals surface area contributed by atoms with Crippen molar-refractivity contribution in [3.63, 3.8) is 0 Å². The van der Waals surface area contributed by atoms with E-state index in [0.29, 0.717) is 18.5 Å². The van der Waals surface area contributed by atoms with Crippen LogP contribution in [0.15, 0.2) is 24.3 Å². The Hall–Kier alpha value is -1.88. The molecule has 2 aliphatic heterocycles. The summed E-state index contributed by atoms with van der Waals surface area (Å²) in [4.78, 5) is 28.3. The summed E-state index contributed by atoms with van der Waals surface area (Å²) in [6.45, 7) is 7.98. The van der Waals surface area contributed by atoms with Crippen molar-refractivity contribution in [2.24, 2.45) is 5.92 Å². The van der Waals surface area contributed by atoms with E-state index < -0.39 is 0 Å². The number of carbonyl (C=O) groups excluding carboxylic acids is 2. The summed E-state index contributed by atoms with van der Waals surface area (Å²) in [6.07, 6.45) is 5.20. The van der Waals surface area contributed by atoms with E-state index in [2.05, 4.69) is 17.1 Å². The average molecular weight is 357 g/mol. The van der Waals surface area contributed by atoms with Crippen LogP contribution in [0.5, 0.6) is 0 Å². The van der Waals surface area contributed by atoms with Gasteiger partial charge in [0.15, 0.2) is 0 Å².